The van der Waals surface area contributed by atoms with E-state index in [-0.39, 0.29) is 5.91 Å². The van der Waals surface area contributed by atoms with Crippen molar-refractivity contribution in [2.75, 3.05) is 27.2 Å². The number of likely N-dealkylation sites (N-methyl/N-ethyl adjacent to an activating group) is 1. The molecule has 0 spiro atoms. The Morgan fingerprint density at radius 3 is 2.94 bits per heavy atom. The van der Waals surface area contributed by atoms with Crippen molar-refractivity contribution in [1.82, 2.24) is 14.8 Å². The zero-order valence-electron chi connectivity index (χ0n) is 9.76. The standard InChI is InChI=1S/C12H17N3O/c1-14(2)11-5-7-15(9-11)12(16)10-4-3-6-13-8-10/h3-4,6,8,11H,5,7,9H2,1-2H3/t11-/m0/s1. The molecule has 1 atom stereocenters. The highest BCUT2D eigenvalue weighted by atomic mass is 16.2. The summed E-state index contributed by atoms with van der Waals surface area (Å²) in [5.74, 6) is 0.0949. The molecule has 0 unspecified atom stereocenters. The molecule has 2 heterocycles. The third-order valence-corrected chi connectivity index (χ3v) is 3.09. The zero-order valence-corrected chi connectivity index (χ0v) is 9.76. The van der Waals surface area contributed by atoms with Crippen molar-refractivity contribution in [3.05, 3.63) is 30.1 Å². The lowest BCUT2D eigenvalue weighted by Gasteiger charge is -2.20. The Kier molecular flexibility index (Phi) is 3.19. The van der Waals surface area contributed by atoms with Gasteiger partial charge < -0.3 is 9.80 Å². The summed E-state index contributed by atoms with van der Waals surface area (Å²) in [6.07, 6.45) is 4.37. The minimum atomic E-state index is 0.0949. The molecule has 1 aromatic rings. The number of pyridine rings is 1. The van der Waals surface area contributed by atoms with Crippen molar-refractivity contribution in [2.24, 2.45) is 0 Å². The highest BCUT2D eigenvalue weighted by Gasteiger charge is 2.27. The number of likely N-dealkylation sites (tertiary alicyclic amines) is 1. The molecule has 1 fully saturated rings. The summed E-state index contributed by atoms with van der Waals surface area (Å²) in [5.41, 5.74) is 0.682. The molecule has 0 bridgehead atoms. The van der Waals surface area contributed by atoms with Gasteiger partial charge in [0.25, 0.3) is 5.91 Å². The van der Waals surface area contributed by atoms with Crippen LogP contribution in [-0.2, 0) is 0 Å². The summed E-state index contributed by atoms with van der Waals surface area (Å²) in [5, 5.41) is 0. The summed E-state index contributed by atoms with van der Waals surface area (Å²) < 4.78 is 0. The van der Waals surface area contributed by atoms with Crippen LogP contribution < -0.4 is 0 Å². The topological polar surface area (TPSA) is 36.4 Å². The van der Waals surface area contributed by atoms with Gasteiger partial charge in [0.05, 0.1) is 5.56 Å². The lowest BCUT2D eigenvalue weighted by Crippen LogP contribution is -2.34. The largest absolute Gasteiger partial charge is 0.337 e. The zero-order chi connectivity index (χ0) is 11.5. The van der Waals surface area contributed by atoms with Crippen molar-refractivity contribution >= 4 is 5.91 Å². The first-order valence-electron chi connectivity index (χ1n) is 5.54. The van der Waals surface area contributed by atoms with Crippen LogP contribution in [0.3, 0.4) is 0 Å². The minimum Gasteiger partial charge on any atom is -0.337 e. The van der Waals surface area contributed by atoms with E-state index in [2.05, 4.69) is 24.0 Å². The normalized spacial score (nSPS) is 20.4. The van der Waals surface area contributed by atoms with E-state index in [9.17, 15) is 4.79 Å². The van der Waals surface area contributed by atoms with E-state index in [1.807, 2.05) is 11.0 Å². The summed E-state index contributed by atoms with van der Waals surface area (Å²) in [6, 6.07) is 4.10. The first-order chi connectivity index (χ1) is 7.68. The van der Waals surface area contributed by atoms with Crippen molar-refractivity contribution in [3.8, 4) is 0 Å². The molecule has 4 heteroatoms. The molecule has 1 aliphatic heterocycles. The van der Waals surface area contributed by atoms with Crippen LogP contribution in [0.5, 0.6) is 0 Å². The molecule has 0 saturated carbocycles. The van der Waals surface area contributed by atoms with Crippen molar-refractivity contribution in [2.45, 2.75) is 12.5 Å². The fourth-order valence-corrected chi connectivity index (χ4v) is 2.02. The van der Waals surface area contributed by atoms with Crippen molar-refractivity contribution < 1.29 is 4.79 Å². The van der Waals surface area contributed by atoms with Crippen LogP contribution in [-0.4, -0.2) is 53.9 Å². The third-order valence-electron chi connectivity index (χ3n) is 3.09. The number of hydrogen-bond acceptors (Lipinski definition) is 3. The van der Waals surface area contributed by atoms with Crippen molar-refractivity contribution in [1.29, 1.82) is 0 Å². The van der Waals surface area contributed by atoms with Gasteiger partial charge in [-0.3, -0.25) is 9.78 Å². The van der Waals surface area contributed by atoms with Gasteiger partial charge in [0, 0.05) is 31.5 Å². The van der Waals surface area contributed by atoms with Gasteiger partial charge in [-0.15, -0.1) is 0 Å². The van der Waals surface area contributed by atoms with Gasteiger partial charge in [-0.25, -0.2) is 0 Å². The molecular formula is C12H17N3O. The number of carbonyl (C=O) groups is 1. The van der Waals surface area contributed by atoms with Gasteiger partial charge in [-0.05, 0) is 32.6 Å². The Hall–Kier alpha value is -1.42. The molecule has 0 aromatic carbocycles. The summed E-state index contributed by atoms with van der Waals surface area (Å²) in [6.45, 7) is 1.66. The summed E-state index contributed by atoms with van der Waals surface area (Å²) in [4.78, 5) is 20.1. The first-order valence-corrected chi connectivity index (χ1v) is 5.54. The molecule has 16 heavy (non-hydrogen) atoms. The fraction of sp³-hybridized carbons (Fsp3) is 0.500. The Labute approximate surface area is 95.9 Å². The highest BCUT2D eigenvalue weighted by molar-refractivity contribution is 5.94. The Bertz CT molecular complexity index is 364. The van der Waals surface area contributed by atoms with Crippen LogP contribution in [0.1, 0.15) is 16.8 Å². The second-order valence-corrected chi connectivity index (χ2v) is 4.40. The lowest BCUT2D eigenvalue weighted by molar-refractivity contribution is 0.0782. The molecule has 0 radical (unpaired) electrons. The maximum absolute atomic E-state index is 12.1. The maximum atomic E-state index is 12.1. The smallest absolute Gasteiger partial charge is 0.255 e. The average molecular weight is 219 g/mol. The Balaban J connectivity index is 2.03. The molecule has 4 nitrogen and oxygen atoms in total. The Morgan fingerprint density at radius 1 is 1.56 bits per heavy atom. The van der Waals surface area contributed by atoms with E-state index in [0.717, 1.165) is 19.5 Å². The number of aromatic nitrogens is 1. The summed E-state index contributed by atoms with van der Waals surface area (Å²) >= 11 is 0. The molecule has 2 rings (SSSR count). The van der Waals surface area contributed by atoms with E-state index < -0.39 is 0 Å². The Morgan fingerprint density at radius 2 is 2.38 bits per heavy atom. The van der Waals surface area contributed by atoms with Crippen LogP contribution in [0.15, 0.2) is 24.5 Å². The predicted octanol–water partition coefficient (Wildman–Crippen LogP) is 0.858. The molecule has 0 N–H and O–H groups in total. The second kappa shape index (κ2) is 4.61. The average Bonchev–Trinajstić information content (AvgIpc) is 2.78. The predicted molar refractivity (Wildman–Crippen MR) is 62.2 cm³/mol. The van der Waals surface area contributed by atoms with E-state index in [0.29, 0.717) is 11.6 Å². The first kappa shape index (κ1) is 11.1. The molecular weight excluding hydrogens is 202 g/mol. The number of carbonyl (C=O) groups excluding carboxylic acids is 1. The van der Waals surface area contributed by atoms with Gasteiger partial charge >= 0.3 is 0 Å². The molecule has 1 amide bonds. The quantitative estimate of drug-likeness (QED) is 0.740. The van der Waals surface area contributed by atoms with Crippen LogP contribution in [0, 0.1) is 0 Å². The lowest BCUT2D eigenvalue weighted by atomic mass is 10.2. The monoisotopic (exact) mass is 219 g/mol. The number of nitrogens with zero attached hydrogens (tertiary/aromatic N) is 3. The van der Waals surface area contributed by atoms with Gasteiger partial charge in [0.1, 0.15) is 0 Å². The molecule has 1 aliphatic rings. The van der Waals surface area contributed by atoms with Crippen molar-refractivity contribution in [3.63, 3.8) is 0 Å². The van der Waals surface area contributed by atoms with Crippen LogP contribution in [0.25, 0.3) is 0 Å². The van der Waals surface area contributed by atoms with Crippen LogP contribution >= 0.6 is 0 Å². The minimum absolute atomic E-state index is 0.0949. The summed E-state index contributed by atoms with van der Waals surface area (Å²) in [7, 11) is 4.12. The maximum Gasteiger partial charge on any atom is 0.255 e. The second-order valence-electron chi connectivity index (χ2n) is 4.40. The third kappa shape index (κ3) is 2.22. The number of amides is 1. The van der Waals surface area contributed by atoms with E-state index in [1.165, 1.54) is 0 Å². The molecule has 1 aromatic heterocycles. The van der Waals surface area contributed by atoms with Crippen LogP contribution in [0.4, 0.5) is 0 Å². The van der Waals surface area contributed by atoms with Gasteiger partial charge in [0.15, 0.2) is 0 Å². The van der Waals surface area contributed by atoms with Gasteiger partial charge in [-0.2, -0.15) is 0 Å². The SMILES string of the molecule is CN(C)[C@H]1CCN(C(=O)c2cccnc2)C1. The van der Waals surface area contributed by atoms with Crippen LogP contribution in [0.2, 0.25) is 0 Å². The fourth-order valence-electron chi connectivity index (χ4n) is 2.02. The van der Waals surface area contributed by atoms with E-state index in [1.54, 1.807) is 18.5 Å². The number of rotatable bonds is 2. The van der Waals surface area contributed by atoms with E-state index >= 15 is 0 Å². The molecule has 86 valence electrons. The highest BCUT2D eigenvalue weighted by Crippen LogP contribution is 2.15. The molecule has 0 aliphatic carbocycles. The van der Waals surface area contributed by atoms with Gasteiger partial charge in [-0.1, -0.05) is 0 Å². The molecule has 1 saturated heterocycles. The van der Waals surface area contributed by atoms with Gasteiger partial charge in [0.2, 0.25) is 0 Å². The number of hydrogen-bond donors (Lipinski definition) is 0. The van der Waals surface area contributed by atoms with E-state index in [4.69, 9.17) is 0 Å².